The lowest BCUT2D eigenvalue weighted by molar-refractivity contribution is -0.125. The Balaban J connectivity index is 0. The highest BCUT2D eigenvalue weighted by molar-refractivity contribution is 6.30. The van der Waals surface area contributed by atoms with Crippen molar-refractivity contribution in [1.29, 1.82) is 5.26 Å². The van der Waals surface area contributed by atoms with Crippen molar-refractivity contribution in [3.05, 3.63) is 34.9 Å². The highest BCUT2D eigenvalue weighted by Gasteiger charge is 2.38. The van der Waals surface area contributed by atoms with Gasteiger partial charge in [-0.05, 0) is 89.2 Å². The van der Waals surface area contributed by atoms with Crippen LogP contribution >= 0.6 is 11.6 Å². The fourth-order valence-electron chi connectivity index (χ4n) is 5.60. The number of carbonyl (C=O) groups excluding carboxylic acids is 4. The molecule has 0 radical (unpaired) electrons. The molecule has 2 amide bonds. The van der Waals surface area contributed by atoms with E-state index in [4.69, 9.17) is 16.9 Å². The Morgan fingerprint density at radius 2 is 1.78 bits per heavy atom. The summed E-state index contributed by atoms with van der Waals surface area (Å²) >= 11 is 5.77. The number of rotatable bonds is 11. The van der Waals surface area contributed by atoms with E-state index in [-0.39, 0.29) is 23.8 Å². The summed E-state index contributed by atoms with van der Waals surface area (Å²) in [5, 5.41) is 16.5. The van der Waals surface area contributed by atoms with E-state index < -0.39 is 5.41 Å². The van der Waals surface area contributed by atoms with Gasteiger partial charge in [0.25, 0.3) is 0 Å². The summed E-state index contributed by atoms with van der Waals surface area (Å²) in [6, 6.07) is 9.23. The number of likely N-dealkylation sites (N-methyl/N-ethyl adjacent to an activating group) is 2. The number of carbonyl (C=O) groups is 4. The van der Waals surface area contributed by atoms with Gasteiger partial charge >= 0.3 is 0 Å². The molecule has 46 heavy (non-hydrogen) atoms. The smallest absolute Gasteiger partial charge is 0.229 e. The lowest BCUT2D eigenvalue weighted by Crippen LogP contribution is -2.37. The molecular formula is C36H62ClN5O4. The van der Waals surface area contributed by atoms with Gasteiger partial charge in [-0.15, -0.1) is 0 Å². The second kappa shape index (κ2) is 26.3. The van der Waals surface area contributed by atoms with Crippen molar-refractivity contribution in [2.24, 2.45) is 23.7 Å². The van der Waals surface area contributed by atoms with Gasteiger partial charge in [0.05, 0.1) is 17.5 Å². The molecule has 0 aromatic heterocycles. The number of nitrogens with zero attached hydrogens (tertiary/aromatic N) is 2. The van der Waals surface area contributed by atoms with Gasteiger partial charge in [0.15, 0.2) is 0 Å². The van der Waals surface area contributed by atoms with E-state index in [1.165, 1.54) is 19.8 Å². The van der Waals surface area contributed by atoms with E-state index in [0.717, 1.165) is 63.5 Å². The summed E-state index contributed by atoms with van der Waals surface area (Å²) in [6.45, 7) is 16.9. The van der Waals surface area contributed by atoms with Crippen LogP contribution in [-0.4, -0.2) is 76.1 Å². The zero-order chi connectivity index (χ0) is 35.7. The molecule has 1 unspecified atom stereocenters. The van der Waals surface area contributed by atoms with Crippen molar-refractivity contribution < 1.29 is 19.2 Å². The van der Waals surface area contributed by atoms with Gasteiger partial charge in [0.1, 0.15) is 12.6 Å². The Morgan fingerprint density at radius 3 is 2.17 bits per heavy atom. The van der Waals surface area contributed by atoms with Crippen LogP contribution in [0.2, 0.25) is 5.02 Å². The van der Waals surface area contributed by atoms with Gasteiger partial charge in [-0.25, -0.2) is 0 Å². The number of hydrogen-bond donors (Lipinski definition) is 3. The average molecular weight is 664 g/mol. The number of nitrogens with one attached hydrogen (secondary N) is 3. The third-order valence-electron chi connectivity index (χ3n) is 8.24. The van der Waals surface area contributed by atoms with Crippen LogP contribution in [0.15, 0.2) is 24.3 Å². The van der Waals surface area contributed by atoms with Crippen LogP contribution in [0.4, 0.5) is 0 Å². The van der Waals surface area contributed by atoms with Gasteiger partial charge in [0, 0.05) is 44.4 Å². The highest BCUT2D eigenvalue weighted by Crippen LogP contribution is 2.33. The molecule has 2 fully saturated rings. The number of halogens is 1. The Morgan fingerprint density at radius 1 is 1.20 bits per heavy atom. The topological polar surface area (TPSA) is 131 Å². The first-order valence-corrected chi connectivity index (χ1v) is 16.9. The molecule has 2 heterocycles. The first-order valence-electron chi connectivity index (χ1n) is 16.5. The van der Waals surface area contributed by atoms with E-state index >= 15 is 0 Å². The molecule has 3 N–H and O–H groups in total. The average Bonchev–Trinajstić information content (AvgIpc) is 3.57. The first-order chi connectivity index (χ1) is 21.7. The van der Waals surface area contributed by atoms with E-state index in [2.05, 4.69) is 48.5 Å². The van der Waals surface area contributed by atoms with Crippen LogP contribution in [-0.2, 0) is 24.6 Å². The maximum absolute atomic E-state index is 11.6. The lowest BCUT2D eigenvalue weighted by Gasteiger charge is -2.23. The Bertz CT molecular complexity index is 1030. The third-order valence-corrected chi connectivity index (χ3v) is 8.49. The third kappa shape index (κ3) is 17.8. The number of aldehydes is 2. The van der Waals surface area contributed by atoms with Crippen molar-refractivity contribution in [3.63, 3.8) is 0 Å². The number of unbranched alkanes of at least 4 members (excludes halogenated alkanes) is 3. The normalized spacial score (nSPS) is 20.1. The maximum Gasteiger partial charge on any atom is 0.229 e. The van der Waals surface area contributed by atoms with Crippen LogP contribution in [0.1, 0.15) is 92.6 Å². The Labute approximate surface area is 284 Å². The number of benzene rings is 1. The summed E-state index contributed by atoms with van der Waals surface area (Å²) in [7, 11) is 5.59. The SMILES string of the molecule is CC#N.CC(C)[C@@H]1C(C=O)N(C)C[C@@H]1C.CCCCCC=O.CNC(=O)C(C)(C)c1ccc(Cl)cc1.CNCC[C@H]1CCNC1=O. The molecule has 1 aromatic carbocycles. The van der Waals surface area contributed by atoms with Crippen molar-refractivity contribution in [1.82, 2.24) is 20.9 Å². The number of hydrogen-bond acceptors (Lipinski definition) is 7. The summed E-state index contributed by atoms with van der Waals surface area (Å²) in [4.78, 5) is 45.2. The molecule has 0 aliphatic carbocycles. The second-order valence-corrected chi connectivity index (χ2v) is 13.1. The fraction of sp³-hybridized carbons (Fsp3) is 0.694. The van der Waals surface area contributed by atoms with E-state index in [1.807, 2.05) is 40.1 Å². The van der Waals surface area contributed by atoms with Gasteiger partial charge in [-0.3, -0.25) is 14.5 Å². The van der Waals surface area contributed by atoms with Crippen molar-refractivity contribution in [3.8, 4) is 6.07 Å². The molecule has 262 valence electrons. The van der Waals surface area contributed by atoms with E-state index in [1.54, 1.807) is 25.2 Å². The number of nitriles is 1. The molecule has 10 heteroatoms. The summed E-state index contributed by atoms with van der Waals surface area (Å²) in [6.07, 6.45) is 8.28. The van der Waals surface area contributed by atoms with Gasteiger partial charge in [-0.1, -0.05) is 64.3 Å². The van der Waals surface area contributed by atoms with Crippen molar-refractivity contribution >= 4 is 36.0 Å². The molecule has 9 nitrogen and oxygen atoms in total. The largest absolute Gasteiger partial charge is 0.358 e. The maximum atomic E-state index is 11.6. The molecule has 2 aliphatic rings. The molecule has 2 aliphatic heterocycles. The van der Waals surface area contributed by atoms with Gasteiger partial charge < -0.3 is 25.5 Å². The minimum Gasteiger partial charge on any atom is -0.358 e. The predicted molar refractivity (Wildman–Crippen MR) is 190 cm³/mol. The zero-order valence-corrected chi connectivity index (χ0v) is 30.9. The van der Waals surface area contributed by atoms with Crippen LogP contribution in [0.5, 0.6) is 0 Å². The minimum absolute atomic E-state index is 0.000164. The second-order valence-electron chi connectivity index (χ2n) is 12.6. The lowest BCUT2D eigenvalue weighted by atomic mass is 9.83. The van der Waals surface area contributed by atoms with Crippen LogP contribution in [0, 0.1) is 35.0 Å². The molecule has 2 saturated heterocycles. The zero-order valence-electron chi connectivity index (χ0n) is 30.1. The fourth-order valence-corrected chi connectivity index (χ4v) is 5.73. The predicted octanol–water partition coefficient (Wildman–Crippen LogP) is 5.80. The first kappa shape index (κ1) is 45.3. The highest BCUT2D eigenvalue weighted by atomic mass is 35.5. The van der Waals surface area contributed by atoms with Gasteiger partial charge in [-0.2, -0.15) is 5.26 Å². The van der Waals surface area contributed by atoms with Crippen LogP contribution in [0.3, 0.4) is 0 Å². The molecule has 0 saturated carbocycles. The molecular weight excluding hydrogens is 602 g/mol. The van der Waals surface area contributed by atoms with Crippen LogP contribution < -0.4 is 16.0 Å². The monoisotopic (exact) mass is 663 g/mol. The number of amides is 2. The van der Waals surface area contributed by atoms with Crippen molar-refractivity contribution in [2.45, 2.75) is 98.4 Å². The Hall–Kier alpha value is -2.80. The Kier molecular flexibility index (Phi) is 25.9. The van der Waals surface area contributed by atoms with E-state index in [9.17, 15) is 19.2 Å². The number of likely N-dealkylation sites (tertiary alicyclic amines) is 1. The quantitative estimate of drug-likeness (QED) is 0.201. The van der Waals surface area contributed by atoms with Crippen molar-refractivity contribution in [2.75, 3.05) is 40.8 Å². The summed E-state index contributed by atoms with van der Waals surface area (Å²) in [5.74, 6) is 2.32. The van der Waals surface area contributed by atoms with E-state index in [0.29, 0.717) is 22.8 Å². The molecule has 4 atom stereocenters. The summed E-state index contributed by atoms with van der Waals surface area (Å²) in [5.41, 5.74) is 0.445. The minimum atomic E-state index is -0.515. The molecule has 0 bridgehead atoms. The van der Waals surface area contributed by atoms with Crippen LogP contribution in [0.25, 0.3) is 0 Å². The molecule has 0 spiro atoms. The summed E-state index contributed by atoms with van der Waals surface area (Å²) < 4.78 is 0. The molecule has 1 aromatic rings. The van der Waals surface area contributed by atoms with Gasteiger partial charge in [0.2, 0.25) is 11.8 Å². The molecule has 3 rings (SSSR count). The standard InChI is InChI=1S/C11H14ClNO.C10H19NO.C7H14N2O.C6H12O.C2H3N/c1-11(2,10(14)13-3)8-4-6-9(12)7-5-8;1-7(2)10-8(3)5-11(4)9(10)6-12;1-8-4-2-6-3-5-9-7(6)10;1-2-3-4-5-6-7;1-2-3/h4-7H,1-3H3,(H,13,14);6-10H,5H2,1-4H3;6,8H,2-5H2,1H3,(H,9,10);6H,2-5H2,1H3;1H3/t;8-,9?,10-;6-;;/m.00../s1.